The number of alkyl halides is 3. The van der Waals surface area contributed by atoms with Crippen molar-refractivity contribution in [2.45, 2.75) is 43.2 Å². The topological polar surface area (TPSA) is 88.8 Å². The standard InChI is InChI=1S/C31H33F3N6O3.2ClH/c1-42-27-14-13-25(40-30(31(32,33)34)35-36-37-40)29(43-2)24(27)18-38-16-22-15-23(41)17-39(22)26(19-38)28(20-9-5-3-6-10-20)21-11-7-4-8-12-21;;/h3-14,22-23,26,28,41H,15-19H2,1-2H3;2*1H/t22-,23-,26-;;/m0../s1. The lowest BCUT2D eigenvalue weighted by Gasteiger charge is -2.47. The van der Waals surface area contributed by atoms with Crippen molar-refractivity contribution in [1.82, 2.24) is 30.0 Å². The van der Waals surface area contributed by atoms with Crippen molar-refractivity contribution < 1.29 is 27.8 Å². The van der Waals surface area contributed by atoms with Crippen LogP contribution in [0.4, 0.5) is 13.2 Å². The smallest absolute Gasteiger partial charge is 0.453 e. The molecule has 2 saturated heterocycles. The molecule has 0 saturated carbocycles. The van der Waals surface area contributed by atoms with E-state index in [1.54, 1.807) is 6.07 Å². The molecule has 0 unspecified atom stereocenters. The number of aliphatic hydroxyl groups excluding tert-OH is 1. The minimum Gasteiger partial charge on any atom is -0.496 e. The van der Waals surface area contributed by atoms with Crippen LogP contribution < -0.4 is 9.47 Å². The molecule has 14 heteroatoms. The molecule has 3 heterocycles. The summed E-state index contributed by atoms with van der Waals surface area (Å²) in [7, 11) is 2.93. The van der Waals surface area contributed by atoms with Gasteiger partial charge in [-0.3, -0.25) is 9.80 Å². The van der Waals surface area contributed by atoms with E-state index in [1.165, 1.54) is 31.4 Å². The number of tetrazole rings is 1. The molecule has 6 rings (SSSR count). The minimum absolute atomic E-state index is 0. The van der Waals surface area contributed by atoms with E-state index in [2.05, 4.69) is 49.6 Å². The Bertz CT molecular complexity index is 1510. The molecule has 242 valence electrons. The number of fused-ring (bicyclic) bond motifs is 1. The lowest BCUT2D eigenvalue weighted by molar-refractivity contribution is -0.146. The first-order valence-electron chi connectivity index (χ1n) is 14.1. The van der Waals surface area contributed by atoms with Gasteiger partial charge in [-0.25, -0.2) is 0 Å². The molecule has 9 nitrogen and oxygen atoms in total. The van der Waals surface area contributed by atoms with Gasteiger partial charge in [0, 0.05) is 44.2 Å². The van der Waals surface area contributed by atoms with Gasteiger partial charge in [-0.05, 0) is 40.1 Å². The highest BCUT2D eigenvalue weighted by molar-refractivity contribution is 5.85. The van der Waals surface area contributed by atoms with Crippen LogP contribution >= 0.6 is 24.8 Å². The number of nitrogens with zero attached hydrogens (tertiary/aromatic N) is 6. The van der Waals surface area contributed by atoms with E-state index in [-0.39, 0.29) is 54.3 Å². The molecular formula is C31H35Cl2F3N6O3. The third-order valence-electron chi connectivity index (χ3n) is 8.43. The highest BCUT2D eigenvalue weighted by Gasteiger charge is 2.45. The number of aromatic nitrogens is 4. The zero-order valence-electron chi connectivity index (χ0n) is 24.7. The molecule has 0 amide bonds. The summed E-state index contributed by atoms with van der Waals surface area (Å²) >= 11 is 0. The fourth-order valence-electron chi connectivity index (χ4n) is 6.71. The molecule has 4 aromatic rings. The fraction of sp³-hybridized carbons (Fsp3) is 0.387. The molecule has 0 spiro atoms. The second-order valence-corrected chi connectivity index (χ2v) is 11.0. The summed E-state index contributed by atoms with van der Waals surface area (Å²) in [4.78, 5) is 4.70. The van der Waals surface area contributed by atoms with Gasteiger partial charge in [0.25, 0.3) is 5.82 Å². The summed E-state index contributed by atoms with van der Waals surface area (Å²) in [5, 5.41) is 20.9. The van der Waals surface area contributed by atoms with E-state index in [0.717, 1.165) is 0 Å². The Kier molecular flexibility index (Phi) is 11.0. The van der Waals surface area contributed by atoms with Gasteiger partial charge in [0.1, 0.15) is 11.4 Å². The lowest BCUT2D eigenvalue weighted by Crippen LogP contribution is -2.58. The molecule has 0 bridgehead atoms. The first kappa shape index (κ1) is 34.5. The average molecular weight is 668 g/mol. The van der Waals surface area contributed by atoms with E-state index >= 15 is 0 Å². The summed E-state index contributed by atoms with van der Waals surface area (Å²) in [6.45, 7) is 2.24. The molecule has 3 atom stereocenters. The van der Waals surface area contributed by atoms with Gasteiger partial charge >= 0.3 is 6.18 Å². The van der Waals surface area contributed by atoms with Gasteiger partial charge < -0.3 is 14.6 Å². The van der Waals surface area contributed by atoms with E-state index in [0.29, 0.717) is 48.6 Å². The third kappa shape index (κ3) is 6.90. The van der Waals surface area contributed by atoms with E-state index in [1.807, 2.05) is 36.4 Å². The minimum atomic E-state index is -4.76. The first-order valence-corrected chi connectivity index (χ1v) is 14.1. The molecule has 2 aliphatic heterocycles. The van der Waals surface area contributed by atoms with Crippen molar-refractivity contribution in [2.24, 2.45) is 0 Å². The molecule has 2 fully saturated rings. The number of piperazine rings is 1. The number of aliphatic hydroxyl groups is 1. The zero-order valence-corrected chi connectivity index (χ0v) is 26.3. The lowest BCUT2D eigenvalue weighted by atomic mass is 9.82. The van der Waals surface area contributed by atoms with Crippen LogP contribution in [0.3, 0.4) is 0 Å². The number of halogens is 5. The molecule has 1 N–H and O–H groups in total. The van der Waals surface area contributed by atoms with Crippen molar-refractivity contribution in [3.63, 3.8) is 0 Å². The van der Waals surface area contributed by atoms with Crippen LogP contribution in [0.2, 0.25) is 0 Å². The Morgan fingerprint density at radius 2 is 1.53 bits per heavy atom. The second-order valence-electron chi connectivity index (χ2n) is 11.0. The van der Waals surface area contributed by atoms with Gasteiger partial charge in [0.2, 0.25) is 0 Å². The SMILES string of the molecule is COc1ccc(-n2nnnc2C(F)(F)F)c(OC)c1CN1C[C@@H]2C[C@H](O)CN2[C@H](C(c2ccccc2)c2ccccc2)C1.Cl.Cl. The average Bonchev–Trinajstić information content (AvgIpc) is 3.65. The van der Waals surface area contributed by atoms with Crippen LogP contribution in [0.5, 0.6) is 11.5 Å². The number of methoxy groups -OCH3 is 2. The Labute approximate surface area is 271 Å². The monoisotopic (exact) mass is 666 g/mol. The van der Waals surface area contributed by atoms with Gasteiger partial charge in [-0.15, -0.1) is 29.9 Å². The highest BCUT2D eigenvalue weighted by atomic mass is 35.5. The van der Waals surface area contributed by atoms with Gasteiger partial charge in [0.15, 0.2) is 5.75 Å². The third-order valence-corrected chi connectivity index (χ3v) is 8.43. The van der Waals surface area contributed by atoms with Crippen molar-refractivity contribution in [1.29, 1.82) is 0 Å². The van der Waals surface area contributed by atoms with Crippen LogP contribution in [-0.2, 0) is 12.7 Å². The summed E-state index contributed by atoms with van der Waals surface area (Å²) in [6, 6.07) is 23.9. The van der Waals surface area contributed by atoms with Crippen molar-refractivity contribution in [2.75, 3.05) is 33.9 Å². The molecule has 0 radical (unpaired) electrons. The molecular weight excluding hydrogens is 632 g/mol. The number of rotatable bonds is 8. The summed E-state index contributed by atoms with van der Waals surface area (Å²) < 4.78 is 53.2. The maximum atomic E-state index is 13.7. The van der Waals surface area contributed by atoms with Crippen LogP contribution in [0.15, 0.2) is 72.8 Å². The van der Waals surface area contributed by atoms with Crippen LogP contribution in [-0.4, -0.2) is 87.2 Å². The predicted octanol–water partition coefficient (Wildman–Crippen LogP) is 4.99. The van der Waals surface area contributed by atoms with Crippen LogP contribution in [0.25, 0.3) is 5.69 Å². The van der Waals surface area contributed by atoms with Crippen LogP contribution in [0, 0.1) is 0 Å². The van der Waals surface area contributed by atoms with Crippen molar-refractivity contribution in [3.05, 3.63) is 95.3 Å². The van der Waals surface area contributed by atoms with E-state index in [9.17, 15) is 18.3 Å². The largest absolute Gasteiger partial charge is 0.496 e. The number of hydrogen-bond donors (Lipinski definition) is 1. The van der Waals surface area contributed by atoms with Crippen molar-refractivity contribution in [3.8, 4) is 17.2 Å². The van der Waals surface area contributed by atoms with Gasteiger partial charge in [0.05, 0.1) is 25.9 Å². The number of ether oxygens (including phenoxy) is 2. The normalized spacial score (nSPS) is 20.3. The zero-order chi connectivity index (χ0) is 30.1. The maximum Gasteiger partial charge on any atom is 0.453 e. The van der Waals surface area contributed by atoms with Gasteiger partial charge in [-0.2, -0.15) is 17.9 Å². The molecule has 1 aromatic heterocycles. The summed E-state index contributed by atoms with van der Waals surface area (Å²) in [5.74, 6) is -0.534. The van der Waals surface area contributed by atoms with Crippen LogP contribution in [0.1, 0.15) is 34.9 Å². The summed E-state index contributed by atoms with van der Waals surface area (Å²) in [5.41, 5.74) is 3.01. The quantitative estimate of drug-likeness (QED) is 0.281. The Morgan fingerprint density at radius 1 is 0.889 bits per heavy atom. The summed E-state index contributed by atoms with van der Waals surface area (Å²) in [6.07, 6.45) is -4.56. The molecule has 45 heavy (non-hydrogen) atoms. The Hall–Kier alpha value is -3.42. The molecule has 0 aliphatic carbocycles. The van der Waals surface area contributed by atoms with E-state index in [4.69, 9.17) is 9.47 Å². The molecule has 2 aliphatic rings. The number of hydrogen-bond acceptors (Lipinski definition) is 8. The number of benzene rings is 3. The second kappa shape index (κ2) is 14.3. The van der Waals surface area contributed by atoms with Gasteiger partial charge in [-0.1, -0.05) is 60.7 Å². The first-order chi connectivity index (χ1) is 20.8. The van der Waals surface area contributed by atoms with E-state index < -0.39 is 18.1 Å². The fourth-order valence-corrected chi connectivity index (χ4v) is 6.71. The molecule has 3 aromatic carbocycles. The Morgan fingerprint density at radius 3 is 2.11 bits per heavy atom. The predicted molar refractivity (Wildman–Crippen MR) is 167 cm³/mol. The Balaban J connectivity index is 0.00000230. The van der Waals surface area contributed by atoms with Crippen molar-refractivity contribution >= 4 is 24.8 Å². The maximum absolute atomic E-state index is 13.7. The highest BCUT2D eigenvalue weighted by Crippen LogP contribution is 2.41.